The molecule has 0 bridgehead atoms. The number of benzene rings is 1. The molecule has 7 nitrogen and oxygen atoms in total. The van der Waals surface area contributed by atoms with Gasteiger partial charge in [0.15, 0.2) is 6.61 Å². The van der Waals surface area contributed by atoms with Gasteiger partial charge in [0, 0.05) is 19.1 Å². The SMILES string of the molecule is CC(C)c1ccc(S(=O)(=O)N2CCC(C(=O)OCC(=O)NC(C)C(C)C)CC2)cc1. The maximum absolute atomic E-state index is 12.9. The molecule has 30 heavy (non-hydrogen) atoms. The van der Waals surface area contributed by atoms with Crippen molar-refractivity contribution in [2.75, 3.05) is 19.7 Å². The number of amides is 1. The van der Waals surface area contributed by atoms with Crippen LogP contribution in [0.2, 0.25) is 0 Å². The van der Waals surface area contributed by atoms with E-state index < -0.39 is 21.9 Å². The quantitative estimate of drug-likeness (QED) is 0.630. The van der Waals surface area contributed by atoms with Crippen LogP contribution < -0.4 is 5.32 Å². The number of esters is 1. The highest BCUT2D eigenvalue weighted by Crippen LogP contribution is 2.25. The van der Waals surface area contributed by atoms with E-state index in [9.17, 15) is 18.0 Å². The average Bonchev–Trinajstić information content (AvgIpc) is 2.72. The molecule has 168 valence electrons. The van der Waals surface area contributed by atoms with Crippen molar-refractivity contribution in [3.8, 4) is 0 Å². The summed E-state index contributed by atoms with van der Waals surface area (Å²) < 4.78 is 32.3. The van der Waals surface area contributed by atoms with Gasteiger partial charge in [0.25, 0.3) is 5.91 Å². The van der Waals surface area contributed by atoms with E-state index in [1.165, 1.54) is 4.31 Å². The van der Waals surface area contributed by atoms with Crippen LogP contribution in [0.5, 0.6) is 0 Å². The molecule has 1 heterocycles. The number of ether oxygens (including phenoxy) is 1. The van der Waals surface area contributed by atoms with Crippen LogP contribution in [-0.4, -0.2) is 50.3 Å². The van der Waals surface area contributed by atoms with Crippen molar-refractivity contribution >= 4 is 21.9 Å². The molecule has 1 N–H and O–H groups in total. The monoisotopic (exact) mass is 438 g/mol. The van der Waals surface area contributed by atoms with Crippen LogP contribution in [0.25, 0.3) is 0 Å². The predicted molar refractivity (Wildman–Crippen MR) is 115 cm³/mol. The fraction of sp³-hybridized carbons (Fsp3) is 0.636. The lowest BCUT2D eigenvalue weighted by Gasteiger charge is -2.30. The Balaban J connectivity index is 1.86. The van der Waals surface area contributed by atoms with Crippen LogP contribution in [0.15, 0.2) is 29.2 Å². The summed E-state index contributed by atoms with van der Waals surface area (Å²) in [7, 11) is -3.58. The van der Waals surface area contributed by atoms with Crippen molar-refractivity contribution in [2.45, 2.75) is 64.3 Å². The zero-order valence-corrected chi connectivity index (χ0v) is 19.4. The first-order valence-electron chi connectivity index (χ1n) is 10.6. The summed E-state index contributed by atoms with van der Waals surface area (Å²) in [6.45, 7) is 10.2. The minimum atomic E-state index is -3.58. The molecule has 0 saturated carbocycles. The Hall–Kier alpha value is -1.93. The Morgan fingerprint density at radius 3 is 2.13 bits per heavy atom. The van der Waals surface area contributed by atoms with Gasteiger partial charge in [-0.2, -0.15) is 4.31 Å². The Labute approximate surface area is 180 Å². The van der Waals surface area contributed by atoms with Crippen LogP contribution in [0.1, 0.15) is 58.9 Å². The molecule has 1 saturated heterocycles. The van der Waals surface area contributed by atoms with Gasteiger partial charge in [-0.3, -0.25) is 9.59 Å². The summed E-state index contributed by atoms with van der Waals surface area (Å²) in [5.41, 5.74) is 1.09. The van der Waals surface area contributed by atoms with Gasteiger partial charge in [-0.05, 0) is 49.3 Å². The molecule has 0 aliphatic carbocycles. The van der Waals surface area contributed by atoms with Crippen molar-refractivity contribution in [1.29, 1.82) is 0 Å². The van der Waals surface area contributed by atoms with E-state index in [-0.39, 0.29) is 42.5 Å². The van der Waals surface area contributed by atoms with Crippen LogP contribution in [0.3, 0.4) is 0 Å². The molecule has 0 aromatic heterocycles. The number of nitrogens with one attached hydrogen (secondary N) is 1. The Bertz CT molecular complexity index is 826. The predicted octanol–water partition coefficient (Wildman–Crippen LogP) is 2.91. The van der Waals surface area contributed by atoms with Crippen molar-refractivity contribution < 1.29 is 22.7 Å². The van der Waals surface area contributed by atoms with E-state index in [4.69, 9.17) is 4.74 Å². The van der Waals surface area contributed by atoms with E-state index in [1.54, 1.807) is 12.1 Å². The van der Waals surface area contributed by atoms with E-state index in [0.717, 1.165) is 5.56 Å². The number of sulfonamides is 1. The molecule has 1 aromatic rings. The van der Waals surface area contributed by atoms with Crippen molar-refractivity contribution in [2.24, 2.45) is 11.8 Å². The van der Waals surface area contributed by atoms with E-state index >= 15 is 0 Å². The maximum atomic E-state index is 12.9. The van der Waals surface area contributed by atoms with E-state index in [2.05, 4.69) is 19.2 Å². The zero-order valence-electron chi connectivity index (χ0n) is 18.6. The van der Waals surface area contributed by atoms with Gasteiger partial charge in [-0.25, -0.2) is 8.42 Å². The summed E-state index contributed by atoms with van der Waals surface area (Å²) in [6, 6.07) is 6.96. The second-order valence-electron chi connectivity index (χ2n) is 8.61. The lowest BCUT2D eigenvalue weighted by Crippen LogP contribution is -2.42. The summed E-state index contributed by atoms with van der Waals surface area (Å²) >= 11 is 0. The Kier molecular flexibility index (Phi) is 8.43. The van der Waals surface area contributed by atoms with Gasteiger partial charge >= 0.3 is 5.97 Å². The van der Waals surface area contributed by atoms with Crippen LogP contribution in [0.4, 0.5) is 0 Å². The van der Waals surface area contributed by atoms with Gasteiger partial charge in [-0.1, -0.05) is 39.8 Å². The molecule has 1 aromatic carbocycles. The summed E-state index contributed by atoms with van der Waals surface area (Å²) in [4.78, 5) is 24.4. The number of piperidine rings is 1. The molecular formula is C22H34N2O5S. The van der Waals surface area contributed by atoms with Crippen molar-refractivity contribution in [3.63, 3.8) is 0 Å². The van der Waals surface area contributed by atoms with Gasteiger partial charge < -0.3 is 10.1 Å². The highest BCUT2D eigenvalue weighted by molar-refractivity contribution is 7.89. The molecule has 8 heteroatoms. The topological polar surface area (TPSA) is 92.8 Å². The third-order valence-electron chi connectivity index (χ3n) is 5.71. The molecule has 1 amide bonds. The van der Waals surface area contributed by atoms with E-state index in [1.807, 2.05) is 32.9 Å². The first-order valence-corrected chi connectivity index (χ1v) is 12.0. The van der Waals surface area contributed by atoms with Gasteiger partial charge in [-0.15, -0.1) is 0 Å². The molecule has 1 aliphatic heterocycles. The maximum Gasteiger partial charge on any atom is 0.309 e. The van der Waals surface area contributed by atoms with Crippen LogP contribution >= 0.6 is 0 Å². The minimum Gasteiger partial charge on any atom is -0.455 e. The Morgan fingerprint density at radius 2 is 1.63 bits per heavy atom. The summed E-state index contributed by atoms with van der Waals surface area (Å²) in [6.07, 6.45) is 0.762. The second kappa shape index (κ2) is 10.4. The third kappa shape index (κ3) is 6.28. The number of carbonyl (C=O) groups is 2. The number of hydrogen-bond acceptors (Lipinski definition) is 5. The lowest BCUT2D eigenvalue weighted by atomic mass is 9.98. The smallest absolute Gasteiger partial charge is 0.309 e. The van der Waals surface area contributed by atoms with E-state index in [0.29, 0.717) is 18.8 Å². The molecule has 1 aliphatic rings. The third-order valence-corrected chi connectivity index (χ3v) is 7.62. The molecule has 1 atom stereocenters. The number of hydrogen-bond donors (Lipinski definition) is 1. The minimum absolute atomic E-state index is 0.000693. The molecular weight excluding hydrogens is 404 g/mol. The largest absolute Gasteiger partial charge is 0.455 e. The highest BCUT2D eigenvalue weighted by Gasteiger charge is 2.33. The Morgan fingerprint density at radius 1 is 1.07 bits per heavy atom. The summed E-state index contributed by atoms with van der Waals surface area (Å²) in [5, 5.41) is 2.79. The van der Waals surface area contributed by atoms with Crippen molar-refractivity contribution in [3.05, 3.63) is 29.8 Å². The average molecular weight is 439 g/mol. The van der Waals surface area contributed by atoms with Crippen molar-refractivity contribution in [1.82, 2.24) is 9.62 Å². The highest BCUT2D eigenvalue weighted by atomic mass is 32.2. The normalized spacial score (nSPS) is 17.2. The van der Waals surface area contributed by atoms with Crippen LogP contribution in [-0.2, 0) is 24.3 Å². The zero-order chi connectivity index (χ0) is 22.5. The first kappa shape index (κ1) is 24.3. The van der Waals surface area contributed by atoms with Crippen LogP contribution in [0, 0.1) is 11.8 Å². The molecule has 0 spiro atoms. The number of nitrogens with zero attached hydrogens (tertiary/aromatic N) is 1. The molecule has 1 unspecified atom stereocenters. The number of carbonyl (C=O) groups excluding carboxylic acids is 2. The van der Waals surface area contributed by atoms with Gasteiger partial charge in [0.05, 0.1) is 10.8 Å². The lowest BCUT2D eigenvalue weighted by molar-refractivity contribution is -0.153. The second-order valence-corrected chi connectivity index (χ2v) is 10.5. The van der Waals surface area contributed by atoms with Gasteiger partial charge in [0.1, 0.15) is 0 Å². The molecule has 0 radical (unpaired) electrons. The fourth-order valence-electron chi connectivity index (χ4n) is 3.22. The first-order chi connectivity index (χ1) is 14.0. The summed E-state index contributed by atoms with van der Waals surface area (Å²) in [5.74, 6) is -0.540. The molecule has 1 fully saturated rings. The van der Waals surface area contributed by atoms with Gasteiger partial charge in [0.2, 0.25) is 10.0 Å². The standard InChI is InChI=1S/C22H34N2O5S/c1-15(2)17(5)23-21(25)14-29-22(26)19-10-12-24(13-11-19)30(27,28)20-8-6-18(7-9-20)16(3)4/h6-9,15-17,19H,10-14H2,1-5H3,(H,23,25). The number of rotatable bonds is 8. The fourth-order valence-corrected chi connectivity index (χ4v) is 4.69. The molecule has 2 rings (SSSR count).